The van der Waals surface area contributed by atoms with Crippen LogP contribution in [0.5, 0.6) is 0 Å². The third kappa shape index (κ3) is 3.67. The van der Waals surface area contributed by atoms with Crippen molar-refractivity contribution in [3.8, 4) is 22.2 Å². The first-order valence-electron chi connectivity index (χ1n) is 8.45. The molecule has 1 amide bonds. The third-order valence-electron chi connectivity index (χ3n) is 4.05. The zero-order valence-corrected chi connectivity index (χ0v) is 15.9. The van der Waals surface area contributed by atoms with Gasteiger partial charge in [0, 0.05) is 11.1 Å². The number of hydrogen-bond acceptors (Lipinski definition) is 6. The molecule has 2 aromatic heterocycles. The summed E-state index contributed by atoms with van der Waals surface area (Å²) in [4.78, 5) is 21.8. The number of anilines is 1. The number of rotatable bonds is 4. The minimum Gasteiger partial charge on any atom is -0.333 e. The Kier molecular flexibility index (Phi) is 4.70. The molecule has 2 aromatic carbocycles. The minimum atomic E-state index is -0.334. The van der Waals surface area contributed by atoms with Crippen molar-refractivity contribution in [3.63, 3.8) is 0 Å². The van der Waals surface area contributed by atoms with Gasteiger partial charge in [-0.15, -0.1) is 0 Å². The van der Waals surface area contributed by atoms with Gasteiger partial charge >= 0.3 is 0 Å². The Morgan fingerprint density at radius 2 is 1.75 bits per heavy atom. The second kappa shape index (κ2) is 7.32. The largest absolute Gasteiger partial charge is 0.333 e. The molecule has 0 bridgehead atoms. The monoisotopic (exact) mass is 394 g/mol. The van der Waals surface area contributed by atoms with Gasteiger partial charge in [0.1, 0.15) is 10.7 Å². The molecular formula is C20H15FN4O2S. The molecule has 0 aliphatic heterocycles. The second-order valence-electron chi connectivity index (χ2n) is 6.18. The summed E-state index contributed by atoms with van der Waals surface area (Å²) in [6, 6.07) is 13.1. The summed E-state index contributed by atoms with van der Waals surface area (Å²) in [7, 11) is 0. The normalized spacial score (nSPS) is 10.8. The van der Waals surface area contributed by atoms with Crippen molar-refractivity contribution in [3.05, 3.63) is 71.2 Å². The summed E-state index contributed by atoms with van der Waals surface area (Å²) >= 11 is 1.25. The summed E-state index contributed by atoms with van der Waals surface area (Å²) in [5.74, 6) is 0.0794. The Morgan fingerprint density at radius 1 is 1.04 bits per heavy atom. The first-order valence-corrected chi connectivity index (χ1v) is 9.27. The van der Waals surface area contributed by atoms with E-state index >= 15 is 0 Å². The molecule has 6 nitrogen and oxygen atoms in total. The lowest BCUT2D eigenvalue weighted by Crippen LogP contribution is -2.11. The van der Waals surface area contributed by atoms with Gasteiger partial charge in [0.2, 0.25) is 5.82 Å². The molecule has 0 radical (unpaired) electrons. The average molecular weight is 394 g/mol. The first kappa shape index (κ1) is 18.0. The number of benzene rings is 2. The smallest absolute Gasteiger partial charge is 0.270 e. The standard InChI is InChI=1S/C20H15FN4O2S/c1-11-3-5-14(6-4-11)18(26)24-20-22-12(2)16(28-20)19-23-17(25-27-19)13-7-9-15(21)10-8-13/h3-10H,1-2H3,(H,22,24,26). The van der Waals surface area contributed by atoms with E-state index in [4.69, 9.17) is 4.52 Å². The van der Waals surface area contributed by atoms with Crippen molar-refractivity contribution in [1.29, 1.82) is 0 Å². The highest BCUT2D eigenvalue weighted by molar-refractivity contribution is 7.19. The summed E-state index contributed by atoms with van der Waals surface area (Å²) in [5, 5.41) is 7.18. The third-order valence-corrected chi connectivity index (χ3v) is 5.11. The van der Waals surface area contributed by atoms with Crippen LogP contribution in [0.15, 0.2) is 53.1 Å². The molecule has 0 fully saturated rings. The van der Waals surface area contributed by atoms with E-state index in [2.05, 4.69) is 20.4 Å². The highest BCUT2D eigenvalue weighted by atomic mass is 32.1. The lowest BCUT2D eigenvalue weighted by molar-refractivity contribution is 0.102. The molecule has 0 saturated heterocycles. The van der Waals surface area contributed by atoms with E-state index in [1.807, 2.05) is 19.1 Å². The maximum absolute atomic E-state index is 13.1. The molecule has 0 aliphatic carbocycles. The van der Waals surface area contributed by atoms with Gasteiger partial charge in [-0.2, -0.15) is 4.98 Å². The van der Waals surface area contributed by atoms with E-state index in [1.165, 1.54) is 23.5 Å². The number of carbonyl (C=O) groups is 1. The van der Waals surface area contributed by atoms with Crippen LogP contribution < -0.4 is 5.32 Å². The van der Waals surface area contributed by atoms with Crippen molar-refractivity contribution in [2.24, 2.45) is 0 Å². The highest BCUT2D eigenvalue weighted by Crippen LogP contribution is 2.33. The van der Waals surface area contributed by atoms with Gasteiger partial charge in [0.25, 0.3) is 11.8 Å². The maximum Gasteiger partial charge on any atom is 0.270 e. The molecule has 8 heteroatoms. The zero-order valence-electron chi connectivity index (χ0n) is 15.1. The maximum atomic E-state index is 13.1. The Balaban J connectivity index is 1.55. The van der Waals surface area contributed by atoms with Crippen molar-refractivity contribution in [2.75, 3.05) is 5.32 Å². The molecule has 0 aliphatic rings. The molecule has 4 rings (SSSR count). The van der Waals surface area contributed by atoms with E-state index < -0.39 is 0 Å². The fourth-order valence-electron chi connectivity index (χ4n) is 2.55. The van der Waals surface area contributed by atoms with E-state index in [0.717, 1.165) is 5.56 Å². The Bertz CT molecular complexity index is 1130. The van der Waals surface area contributed by atoms with Gasteiger partial charge in [-0.3, -0.25) is 10.1 Å². The molecule has 0 unspecified atom stereocenters. The van der Waals surface area contributed by atoms with Crippen LogP contribution in [0.1, 0.15) is 21.6 Å². The number of amides is 1. The molecule has 140 valence electrons. The Labute approximate surface area is 164 Å². The molecule has 0 saturated carbocycles. The molecule has 28 heavy (non-hydrogen) atoms. The Morgan fingerprint density at radius 3 is 2.46 bits per heavy atom. The number of carbonyl (C=O) groups excluding carboxylic acids is 1. The molecule has 0 spiro atoms. The first-order chi connectivity index (χ1) is 13.5. The highest BCUT2D eigenvalue weighted by Gasteiger charge is 2.18. The van der Waals surface area contributed by atoms with Gasteiger partial charge in [-0.1, -0.05) is 34.2 Å². The van der Waals surface area contributed by atoms with Crippen molar-refractivity contribution in [2.45, 2.75) is 13.8 Å². The van der Waals surface area contributed by atoms with Crippen LogP contribution in [0.3, 0.4) is 0 Å². The Hall–Kier alpha value is -3.39. The lowest BCUT2D eigenvalue weighted by Gasteiger charge is -2.01. The van der Waals surface area contributed by atoms with Crippen LogP contribution in [-0.4, -0.2) is 21.0 Å². The SMILES string of the molecule is Cc1ccc(C(=O)Nc2nc(C)c(-c3nc(-c4ccc(F)cc4)no3)s2)cc1. The quantitative estimate of drug-likeness (QED) is 0.534. The van der Waals surface area contributed by atoms with Gasteiger partial charge in [0.05, 0.1) is 5.69 Å². The zero-order chi connectivity index (χ0) is 19.7. The van der Waals surface area contributed by atoms with E-state index in [-0.39, 0.29) is 11.7 Å². The fourth-order valence-corrected chi connectivity index (χ4v) is 3.44. The number of hydrogen-bond donors (Lipinski definition) is 1. The van der Waals surface area contributed by atoms with Crippen LogP contribution in [-0.2, 0) is 0 Å². The predicted octanol–water partition coefficient (Wildman–Crippen LogP) is 4.87. The number of thiazole rings is 1. The van der Waals surface area contributed by atoms with Gasteiger partial charge in [-0.05, 0) is 50.2 Å². The van der Waals surface area contributed by atoms with Crippen molar-refractivity contribution >= 4 is 22.4 Å². The minimum absolute atomic E-state index is 0.238. The summed E-state index contributed by atoms with van der Waals surface area (Å²) in [6.07, 6.45) is 0. The van der Waals surface area contributed by atoms with Crippen LogP contribution in [0.25, 0.3) is 22.2 Å². The average Bonchev–Trinajstić information content (AvgIpc) is 3.29. The molecular weight excluding hydrogens is 379 g/mol. The van der Waals surface area contributed by atoms with Crippen LogP contribution in [0, 0.1) is 19.7 Å². The molecule has 1 N–H and O–H groups in total. The number of nitrogens with one attached hydrogen (secondary N) is 1. The van der Waals surface area contributed by atoms with Crippen LogP contribution in [0.2, 0.25) is 0 Å². The second-order valence-corrected chi connectivity index (χ2v) is 7.18. The lowest BCUT2D eigenvalue weighted by atomic mass is 10.1. The summed E-state index contributed by atoms with van der Waals surface area (Å²) in [6.45, 7) is 3.76. The number of aromatic nitrogens is 3. The van der Waals surface area contributed by atoms with Crippen LogP contribution in [0.4, 0.5) is 9.52 Å². The van der Waals surface area contributed by atoms with E-state index in [9.17, 15) is 9.18 Å². The number of halogens is 1. The van der Waals surface area contributed by atoms with Gasteiger partial charge < -0.3 is 4.52 Å². The predicted molar refractivity (Wildman–Crippen MR) is 105 cm³/mol. The van der Waals surface area contributed by atoms with Gasteiger partial charge in [0.15, 0.2) is 5.13 Å². The fraction of sp³-hybridized carbons (Fsp3) is 0.100. The number of nitrogens with zero attached hydrogens (tertiary/aromatic N) is 3. The van der Waals surface area contributed by atoms with E-state index in [0.29, 0.717) is 38.5 Å². The molecule has 4 aromatic rings. The topological polar surface area (TPSA) is 80.9 Å². The van der Waals surface area contributed by atoms with Crippen LogP contribution >= 0.6 is 11.3 Å². The molecule has 0 atom stereocenters. The van der Waals surface area contributed by atoms with Crippen molar-refractivity contribution in [1.82, 2.24) is 15.1 Å². The summed E-state index contributed by atoms with van der Waals surface area (Å²) in [5.41, 5.74) is 2.94. The summed E-state index contributed by atoms with van der Waals surface area (Å²) < 4.78 is 18.4. The van der Waals surface area contributed by atoms with Crippen molar-refractivity contribution < 1.29 is 13.7 Å². The van der Waals surface area contributed by atoms with E-state index in [1.54, 1.807) is 31.2 Å². The molecule has 2 heterocycles. The number of aryl methyl sites for hydroxylation is 2. The van der Waals surface area contributed by atoms with Gasteiger partial charge in [-0.25, -0.2) is 9.37 Å².